The van der Waals surface area contributed by atoms with Gasteiger partial charge in [0.1, 0.15) is 0 Å². The fraction of sp³-hybridized carbons (Fsp3) is 0.174. The molecule has 0 aliphatic rings. The van der Waals surface area contributed by atoms with E-state index in [2.05, 4.69) is 5.32 Å². The first-order valence-corrected chi connectivity index (χ1v) is 10.8. The maximum atomic E-state index is 13.1. The van der Waals surface area contributed by atoms with Crippen molar-refractivity contribution >= 4 is 21.6 Å². The molecule has 0 saturated heterocycles. The number of hydrogen-bond donors (Lipinski definition) is 1. The zero-order valence-electron chi connectivity index (χ0n) is 16.3. The van der Waals surface area contributed by atoms with E-state index in [0.29, 0.717) is 12.1 Å². The van der Waals surface area contributed by atoms with Crippen LogP contribution in [0.15, 0.2) is 89.8 Å². The van der Waals surface area contributed by atoms with Crippen molar-refractivity contribution in [2.75, 3.05) is 18.4 Å². The molecule has 6 heteroatoms. The number of sulfonamides is 1. The maximum absolute atomic E-state index is 13.1. The molecule has 0 radical (unpaired) electrons. The Balaban J connectivity index is 1.79. The largest absolute Gasteiger partial charge is 0.325 e. The van der Waals surface area contributed by atoms with Crippen LogP contribution in [0.1, 0.15) is 11.1 Å². The van der Waals surface area contributed by atoms with Crippen molar-refractivity contribution in [3.63, 3.8) is 0 Å². The van der Waals surface area contributed by atoms with Gasteiger partial charge in [0.15, 0.2) is 0 Å². The van der Waals surface area contributed by atoms with Crippen molar-refractivity contribution < 1.29 is 13.2 Å². The van der Waals surface area contributed by atoms with E-state index < -0.39 is 10.0 Å². The molecule has 0 fully saturated rings. The van der Waals surface area contributed by atoms with Crippen molar-refractivity contribution in [2.45, 2.75) is 18.2 Å². The average Bonchev–Trinajstić information content (AvgIpc) is 2.72. The summed E-state index contributed by atoms with van der Waals surface area (Å²) in [6, 6.07) is 25.2. The lowest BCUT2D eigenvalue weighted by Crippen LogP contribution is -2.39. The topological polar surface area (TPSA) is 66.5 Å². The molecule has 1 N–H and O–H groups in total. The molecule has 1 amide bonds. The highest BCUT2D eigenvalue weighted by Crippen LogP contribution is 2.17. The molecule has 0 aliphatic heterocycles. The summed E-state index contributed by atoms with van der Waals surface area (Å²) in [5, 5.41) is 2.79. The number of carbonyl (C=O) groups is 1. The van der Waals surface area contributed by atoms with Gasteiger partial charge in [-0.25, -0.2) is 8.42 Å². The number of aryl methyl sites for hydroxylation is 1. The molecule has 0 aromatic heterocycles. The van der Waals surface area contributed by atoms with Crippen molar-refractivity contribution in [3.05, 3.63) is 96.1 Å². The monoisotopic (exact) mass is 408 g/mol. The van der Waals surface area contributed by atoms with Crippen LogP contribution >= 0.6 is 0 Å². The second-order valence-electron chi connectivity index (χ2n) is 6.80. The summed E-state index contributed by atoms with van der Waals surface area (Å²) in [5.41, 5.74) is 2.68. The van der Waals surface area contributed by atoms with Gasteiger partial charge >= 0.3 is 0 Å². The van der Waals surface area contributed by atoms with Gasteiger partial charge in [0.25, 0.3) is 0 Å². The standard InChI is InChI=1S/C23H24N2O3S/c1-19-9-8-12-21(17-19)24-23(26)18-25(16-15-20-10-4-2-5-11-20)29(27,28)22-13-6-3-7-14-22/h2-14,17H,15-16,18H2,1H3,(H,24,26). The van der Waals surface area contributed by atoms with Crippen LogP contribution in [0.5, 0.6) is 0 Å². The lowest BCUT2D eigenvalue weighted by Gasteiger charge is -2.22. The average molecular weight is 409 g/mol. The van der Waals surface area contributed by atoms with Crippen LogP contribution in [-0.2, 0) is 21.2 Å². The number of benzene rings is 3. The number of hydrogen-bond acceptors (Lipinski definition) is 3. The van der Waals surface area contributed by atoms with Gasteiger partial charge in [0.05, 0.1) is 11.4 Å². The molecule has 0 atom stereocenters. The minimum Gasteiger partial charge on any atom is -0.325 e. The van der Waals surface area contributed by atoms with Crippen molar-refractivity contribution in [1.29, 1.82) is 0 Å². The van der Waals surface area contributed by atoms with Gasteiger partial charge in [-0.2, -0.15) is 4.31 Å². The molecule has 5 nitrogen and oxygen atoms in total. The van der Waals surface area contributed by atoms with Gasteiger partial charge in [0, 0.05) is 12.2 Å². The number of carbonyl (C=O) groups excluding carboxylic acids is 1. The van der Waals surface area contributed by atoms with E-state index in [0.717, 1.165) is 11.1 Å². The summed E-state index contributed by atoms with van der Waals surface area (Å²) in [4.78, 5) is 12.8. The first-order valence-electron chi connectivity index (χ1n) is 9.41. The van der Waals surface area contributed by atoms with Crippen LogP contribution < -0.4 is 5.32 Å². The highest BCUT2D eigenvalue weighted by atomic mass is 32.2. The van der Waals surface area contributed by atoms with E-state index in [-0.39, 0.29) is 23.9 Å². The zero-order chi connectivity index (χ0) is 20.7. The van der Waals surface area contributed by atoms with Gasteiger partial charge < -0.3 is 5.32 Å². The third-order valence-electron chi connectivity index (χ3n) is 4.50. The summed E-state index contributed by atoms with van der Waals surface area (Å²) >= 11 is 0. The minimum absolute atomic E-state index is 0.177. The molecule has 0 aliphatic carbocycles. The third kappa shape index (κ3) is 5.76. The molecule has 29 heavy (non-hydrogen) atoms. The fourth-order valence-corrected chi connectivity index (χ4v) is 4.43. The fourth-order valence-electron chi connectivity index (χ4n) is 3.01. The molecule has 0 spiro atoms. The zero-order valence-corrected chi connectivity index (χ0v) is 17.1. The molecule has 0 heterocycles. The molecular formula is C23H24N2O3S. The summed E-state index contributed by atoms with van der Waals surface area (Å²) in [6.45, 7) is 1.89. The summed E-state index contributed by atoms with van der Waals surface area (Å²) in [6.07, 6.45) is 0.518. The van der Waals surface area contributed by atoms with Gasteiger partial charge in [-0.15, -0.1) is 0 Å². The highest BCUT2D eigenvalue weighted by molar-refractivity contribution is 7.89. The van der Waals surface area contributed by atoms with Crippen LogP contribution in [0.25, 0.3) is 0 Å². The van der Waals surface area contributed by atoms with Crippen molar-refractivity contribution in [1.82, 2.24) is 4.31 Å². The molecule has 0 bridgehead atoms. The van der Waals surface area contributed by atoms with Crippen LogP contribution in [0.4, 0.5) is 5.69 Å². The van der Waals surface area contributed by atoms with Gasteiger partial charge in [-0.05, 0) is 48.7 Å². The van der Waals surface area contributed by atoms with Crippen LogP contribution in [-0.4, -0.2) is 31.7 Å². The van der Waals surface area contributed by atoms with Gasteiger partial charge in [0.2, 0.25) is 15.9 Å². The van der Waals surface area contributed by atoms with Gasteiger partial charge in [-0.3, -0.25) is 4.79 Å². The van der Waals surface area contributed by atoms with Gasteiger partial charge in [-0.1, -0.05) is 60.7 Å². The summed E-state index contributed by atoms with van der Waals surface area (Å²) < 4.78 is 27.5. The Kier molecular flexibility index (Phi) is 6.80. The number of rotatable bonds is 8. The van der Waals surface area contributed by atoms with E-state index in [1.54, 1.807) is 36.4 Å². The lowest BCUT2D eigenvalue weighted by molar-refractivity contribution is -0.116. The van der Waals surface area contributed by atoms with Crippen molar-refractivity contribution in [3.8, 4) is 0 Å². The molecule has 0 saturated carbocycles. The van der Waals surface area contributed by atoms with E-state index in [1.165, 1.54) is 4.31 Å². The molecule has 150 valence electrons. The molecule has 3 aromatic carbocycles. The smallest absolute Gasteiger partial charge is 0.243 e. The summed E-state index contributed by atoms with van der Waals surface area (Å²) in [5.74, 6) is -0.372. The molecule has 0 unspecified atom stereocenters. The van der Waals surface area contributed by atoms with Crippen LogP contribution in [0, 0.1) is 6.92 Å². The normalized spacial score (nSPS) is 11.4. The first-order chi connectivity index (χ1) is 13.9. The Hall–Kier alpha value is -2.96. The highest BCUT2D eigenvalue weighted by Gasteiger charge is 2.26. The molecule has 3 rings (SSSR count). The van der Waals surface area contributed by atoms with E-state index in [9.17, 15) is 13.2 Å². The maximum Gasteiger partial charge on any atom is 0.243 e. The number of anilines is 1. The van der Waals surface area contributed by atoms with Crippen LogP contribution in [0.2, 0.25) is 0 Å². The minimum atomic E-state index is -3.79. The van der Waals surface area contributed by atoms with E-state index >= 15 is 0 Å². The number of nitrogens with zero attached hydrogens (tertiary/aromatic N) is 1. The van der Waals surface area contributed by atoms with E-state index in [4.69, 9.17) is 0 Å². The summed E-state index contributed by atoms with van der Waals surface area (Å²) in [7, 11) is -3.79. The Morgan fingerprint density at radius 3 is 2.21 bits per heavy atom. The predicted molar refractivity (Wildman–Crippen MR) is 115 cm³/mol. The second kappa shape index (κ2) is 9.49. The Morgan fingerprint density at radius 2 is 1.55 bits per heavy atom. The Labute approximate surface area is 172 Å². The Bertz CT molecular complexity index is 1050. The third-order valence-corrected chi connectivity index (χ3v) is 6.35. The number of nitrogens with one attached hydrogen (secondary N) is 1. The SMILES string of the molecule is Cc1cccc(NC(=O)CN(CCc2ccccc2)S(=O)(=O)c2ccccc2)c1. The van der Waals surface area contributed by atoms with E-state index in [1.807, 2.05) is 55.5 Å². The lowest BCUT2D eigenvalue weighted by atomic mass is 10.1. The van der Waals surface area contributed by atoms with Crippen LogP contribution in [0.3, 0.4) is 0 Å². The molecular weight excluding hydrogens is 384 g/mol. The molecule has 3 aromatic rings. The quantitative estimate of drug-likeness (QED) is 0.615. The predicted octanol–water partition coefficient (Wildman–Crippen LogP) is 3.87. The first kappa shape index (κ1) is 20.8. The van der Waals surface area contributed by atoms with Crippen molar-refractivity contribution in [2.24, 2.45) is 0 Å². The Morgan fingerprint density at radius 1 is 0.897 bits per heavy atom. The number of amides is 1. The second-order valence-corrected chi connectivity index (χ2v) is 8.74.